The van der Waals surface area contributed by atoms with E-state index in [4.69, 9.17) is 12.2 Å². The number of benzene rings is 2. The van der Waals surface area contributed by atoms with Crippen LogP contribution in [0.15, 0.2) is 48.5 Å². The zero-order valence-electron chi connectivity index (χ0n) is 14.9. The van der Waals surface area contributed by atoms with Crippen LogP contribution in [0.4, 0.5) is 11.4 Å². The van der Waals surface area contributed by atoms with E-state index >= 15 is 0 Å². The minimum absolute atomic E-state index is 0.0338. The van der Waals surface area contributed by atoms with Gasteiger partial charge in [0, 0.05) is 23.9 Å². The molecule has 0 spiro atoms. The van der Waals surface area contributed by atoms with Gasteiger partial charge in [-0.2, -0.15) is 5.10 Å². The molecule has 0 fully saturated rings. The van der Waals surface area contributed by atoms with Crippen LogP contribution in [0.5, 0.6) is 0 Å². The lowest BCUT2D eigenvalue weighted by Crippen LogP contribution is -2.19. The number of nitrogens with zero attached hydrogens (tertiary/aromatic N) is 2. The van der Waals surface area contributed by atoms with Crippen molar-refractivity contribution in [2.75, 3.05) is 10.6 Å². The molecular formula is C19H19N5O2S. The molecule has 3 rings (SSSR count). The van der Waals surface area contributed by atoms with Crippen LogP contribution in [0.3, 0.4) is 0 Å². The molecule has 2 aromatic carbocycles. The zero-order valence-corrected chi connectivity index (χ0v) is 15.8. The predicted molar refractivity (Wildman–Crippen MR) is 107 cm³/mol. The Labute approximate surface area is 161 Å². The van der Waals surface area contributed by atoms with E-state index in [-0.39, 0.29) is 18.4 Å². The first kappa shape index (κ1) is 18.5. The number of H-pyrrole nitrogens is 1. The Hall–Kier alpha value is -3.26. The molecule has 1 heterocycles. The first-order chi connectivity index (χ1) is 12.9. The molecule has 0 unspecified atom stereocenters. The third-order valence-corrected chi connectivity index (χ3v) is 4.14. The van der Waals surface area contributed by atoms with Crippen molar-refractivity contribution < 1.29 is 9.59 Å². The van der Waals surface area contributed by atoms with Gasteiger partial charge in [-0.3, -0.25) is 19.3 Å². The molecule has 7 nitrogen and oxygen atoms in total. The highest BCUT2D eigenvalue weighted by Crippen LogP contribution is 2.19. The van der Waals surface area contributed by atoms with Crippen molar-refractivity contribution in [2.45, 2.75) is 20.4 Å². The Kier molecular flexibility index (Phi) is 5.46. The molecule has 0 radical (unpaired) electrons. The fourth-order valence-corrected chi connectivity index (χ4v) is 2.85. The van der Waals surface area contributed by atoms with E-state index in [1.165, 1.54) is 6.92 Å². The predicted octanol–water partition coefficient (Wildman–Crippen LogP) is 3.51. The number of hydrogen-bond acceptors (Lipinski definition) is 4. The van der Waals surface area contributed by atoms with Crippen molar-refractivity contribution in [3.05, 3.63) is 58.9 Å². The van der Waals surface area contributed by atoms with E-state index in [0.29, 0.717) is 22.0 Å². The number of aryl methyl sites for hydroxylation is 1. The summed E-state index contributed by atoms with van der Waals surface area (Å²) in [5, 5.41) is 12.5. The monoisotopic (exact) mass is 381 g/mol. The first-order valence-corrected chi connectivity index (χ1v) is 8.73. The van der Waals surface area contributed by atoms with Gasteiger partial charge in [-0.1, -0.05) is 23.8 Å². The second-order valence-electron chi connectivity index (χ2n) is 6.11. The summed E-state index contributed by atoms with van der Waals surface area (Å²) in [4.78, 5) is 23.5. The fourth-order valence-electron chi connectivity index (χ4n) is 2.65. The van der Waals surface area contributed by atoms with Crippen molar-refractivity contribution in [1.82, 2.24) is 14.8 Å². The average Bonchev–Trinajstić information content (AvgIpc) is 2.97. The van der Waals surface area contributed by atoms with Crippen molar-refractivity contribution >= 4 is 35.4 Å². The van der Waals surface area contributed by atoms with E-state index < -0.39 is 0 Å². The third kappa shape index (κ3) is 4.68. The van der Waals surface area contributed by atoms with E-state index in [1.807, 2.05) is 31.2 Å². The van der Waals surface area contributed by atoms with Crippen molar-refractivity contribution in [3.8, 4) is 11.4 Å². The van der Waals surface area contributed by atoms with Gasteiger partial charge in [-0.15, -0.1) is 0 Å². The largest absolute Gasteiger partial charge is 0.326 e. The van der Waals surface area contributed by atoms with Crippen LogP contribution in [-0.4, -0.2) is 26.6 Å². The van der Waals surface area contributed by atoms with E-state index in [9.17, 15) is 9.59 Å². The molecule has 138 valence electrons. The molecule has 1 aromatic heterocycles. The number of carbonyl (C=O) groups excluding carboxylic acids is 2. The number of amides is 2. The Morgan fingerprint density at radius 2 is 1.78 bits per heavy atom. The summed E-state index contributed by atoms with van der Waals surface area (Å²) in [7, 11) is 0. The molecule has 3 N–H and O–H groups in total. The lowest BCUT2D eigenvalue weighted by Gasteiger charge is -2.09. The van der Waals surface area contributed by atoms with Crippen molar-refractivity contribution in [3.63, 3.8) is 0 Å². The molecular weight excluding hydrogens is 362 g/mol. The second-order valence-corrected chi connectivity index (χ2v) is 6.50. The highest BCUT2D eigenvalue weighted by atomic mass is 32.1. The van der Waals surface area contributed by atoms with Crippen LogP contribution < -0.4 is 10.6 Å². The highest BCUT2D eigenvalue weighted by Gasteiger charge is 2.13. The molecule has 2 amide bonds. The Bertz CT molecular complexity index is 1040. The normalized spacial score (nSPS) is 10.4. The van der Waals surface area contributed by atoms with E-state index in [0.717, 1.165) is 11.1 Å². The van der Waals surface area contributed by atoms with Gasteiger partial charge in [0.25, 0.3) is 0 Å². The topological polar surface area (TPSA) is 91.8 Å². The summed E-state index contributed by atoms with van der Waals surface area (Å²) in [6, 6.07) is 14.7. The molecule has 0 saturated heterocycles. The minimum Gasteiger partial charge on any atom is -0.326 e. The number of aromatic nitrogens is 3. The maximum absolute atomic E-state index is 12.5. The van der Waals surface area contributed by atoms with Gasteiger partial charge in [0.05, 0.1) is 0 Å². The van der Waals surface area contributed by atoms with Crippen molar-refractivity contribution in [1.29, 1.82) is 0 Å². The molecule has 0 atom stereocenters. The Morgan fingerprint density at radius 3 is 2.41 bits per heavy atom. The maximum Gasteiger partial charge on any atom is 0.244 e. The van der Waals surface area contributed by atoms with E-state index in [1.54, 1.807) is 28.8 Å². The summed E-state index contributed by atoms with van der Waals surface area (Å²) < 4.78 is 2.04. The molecule has 0 aliphatic heterocycles. The number of carbonyl (C=O) groups is 2. The van der Waals surface area contributed by atoms with Gasteiger partial charge in [0.15, 0.2) is 10.6 Å². The quantitative estimate of drug-likeness (QED) is 0.590. The number of rotatable bonds is 5. The van der Waals surface area contributed by atoms with Crippen LogP contribution in [0.2, 0.25) is 0 Å². The summed E-state index contributed by atoms with van der Waals surface area (Å²) in [6.45, 7) is 3.47. The van der Waals surface area contributed by atoms with Crippen LogP contribution in [0.1, 0.15) is 12.5 Å². The lowest BCUT2D eigenvalue weighted by molar-refractivity contribution is -0.117. The summed E-state index contributed by atoms with van der Waals surface area (Å²) in [6.07, 6.45) is 0. The maximum atomic E-state index is 12.5. The average molecular weight is 381 g/mol. The van der Waals surface area contributed by atoms with Gasteiger partial charge in [-0.25, -0.2) is 0 Å². The molecule has 8 heteroatoms. The van der Waals surface area contributed by atoms with Gasteiger partial charge in [-0.05, 0) is 49.5 Å². The summed E-state index contributed by atoms with van der Waals surface area (Å²) in [5.41, 5.74) is 3.27. The van der Waals surface area contributed by atoms with E-state index in [2.05, 4.69) is 20.8 Å². The summed E-state index contributed by atoms with van der Waals surface area (Å²) in [5.74, 6) is 0.235. The highest BCUT2D eigenvalue weighted by molar-refractivity contribution is 7.71. The van der Waals surface area contributed by atoms with Crippen LogP contribution >= 0.6 is 12.2 Å². The molecule has 3 aromatic rings. The number of hydrogen-bond donors (Lipinski definition) is 3. The second kappa shape index (κ2) is 7.96. The molecule has 0 aliphatic rings. The van der Waals surface area contributed by atoms with Crippen molar-refractivity contribution in [2.24, 2.45) is 0 Å². The van der Waals surface area contributed by atoms with Crippen LogP contribution in [-0.2, 0) is 16.1 Å². The van der Waals surface area contributed by atoms with Crippen LogP contribution in [0, 0.1) is 11.7 Å². The Balaban J connectivity index is 1.74. The van der Waals surface area contributed by atoms with Gasteiger partial charge >= 0.3 is 0 Å². The summed E-state index contributed by atoms with van der Waals surface area (Å²) >= 11 is 5.27. The number of anilines is 2. The van der Waals surface area contributed by atoms with Crippen LogP contribution in [0.25, 0.3) is 11.4 Å². The SMILES string of the molecule is CC(=O)Nc1ccc(NC(=O)Cn2c(-c3cccc(C)c3)n[nH]c2=S)cc1. The first-order valence-electron chi connectivity index (χ1n) is 8.32. The molecule has 0 aliphatic carbocycles. The Morgan fingerprint density at radius 1 is 1.11 bits per heavy atom. The smallest absolute Gasteiger partial charge is 0.244 e. The van der Waals surface area contributed by atoms with Gasteiger partial charge in [0.2, 0.25) is 11.8 Å². The minimum atomic E-state index is -0.228. The lowest BCUT2D eigenvalue weighted by atomic mass is 10.1. The van der Waals surface area contributed by atoms with Gasteiger partial charge < -0.3 is 10.6 Å². The molecule has 0 saturated carbocycles. The van der Waals surface area contributed by atoms with Gasteiger partial charge in [0.1, 0.15) is 6.54 Å². The number of nitrogens with one attached hydrogen (secondary N) is 3. The fraction of sp³-hybridized carbons (Fsp3) is 0.158. The third-order valence-electron chi connectivity index (χ3n) is 3.83. The molecule has 0 bridgehead atoms. The molecule has 27 heavy (non-hydrogen) atoms. The zero-order chi connectivity index (χ0) is 19.4. The standard InChI is InChI=1S/C19H19N5O2S/c1-12-4-3-5-14(10-12)18-22-23-19(27)24(18)11-17(26)21-16-8-6-15(7-9-16)20-13(2)25/h3-10H,11H2,1-2H3,(H,20,25)(H,21,26)(H,23,27). The number of aromatic amines is 1.